The number of nitrogens with zero attached hydrogens (tertiary/aromatic N) is 1. The number of anilines is 1. The van der Waals surface area contributed by atoms with Crippen molar-refractivity contribution in [3.63, 3.8) is 0 Å². The Labute approximate surface area is 79.8 Å². The number of fused-ring (bicyclic) bond motifs is 1. The van der Waals surface area contributed by atoms with Crippen LogP contribution in [0.3, 0.4) is 0 Å². The van der Waals surface area contributed by atoms with E-state index in [1.807, 2.05) is 12.2 Å². The molecule has 76 valence electrons. The number of nitrogens with one attached hydrogen (secondary N) is 1. The molecule has 1 aliphatic rings. The maximum Gasteiger partial charge on any atom is 0.295 e. The summed E-state index contributed by atoms with van der Waals surface area (Å²) in [5, 5.41) is 2.44. The lowest BCUT2D eigenvalue weighted by atomic mass is 10.1. The highest BCUT2D eigenvalue weighted by molar-refractivity contribution is 5.50. The highest BCUT2D eigenvalue weighted by Gasteiger charge is 2.13. The number of allylic oxidation sites excluding steroid dienone is 1. The fourth-order valence-electron chi connectivity index (χ4n) is 1.32. The summed E-state index contributed by atoms with van der Waals surface area (Å²) in [6.07, 6.45) is 3.14. The molecule has 0 spiro atoms. The standard InChI is InChI=1S/C9H10F2N2O/c10-8(11)5-12-9-13-6-3-1-2-4-7(6)14-9/h2,4,8H,1,3,5H2,(H,12,13). The van der Waals surface area contributed by atoms with Gasteiger partial charge in [0.15, 0.2) is 5.76 Å². The zero-order valence-electron chi connectivity index (χ0n) is 7.46. The molecule has 14 heavy (non-hydrogen) atoms. The number of hydrogen-bond acceptors (Lipinski definition) is 3. The van der Waals surface area contributed by atoms with E-state index in [1.165, 1.54) is 0 Å². The van der Waals surface area contributed by atoms with Crippen LogP contribution in [-0.4, -0.2) is 18.0 Å². The lowest BCUT2D eigenvalue weighted by Gasteiger charge is -1.98. The Morgan fingerprint density at radius 1 is 1.57 bits per heavy atom. The Hall–Kier alpha value is -1.39. The third-order valence-corrected chi connectivity index (χ3v) is 1.95. The van der Waals surface area contributed by atoms with E-state index < -0.39 is 13.0 Å². The van der Waals surface area contributed by atoms with E-state index in [0.717, 1.165) is 18.5 Å². The molecule has 3 nitrogen and oxygen atoms in total. The van der Waals surface area contributed by atoms with Gasteiger partial charge in [-0.3, -0.25) is 0 Å². The molecule has 0 atom stereocenters. The first-order valence-electron chi connectivity index (χ1n) is 4.44. The molecule has 0 aromatic carbocycles. The molecule has 0 saturated heterocycles. The molecule has 1 aromatic heterocycles. The van der Waals surface area contributed by atoms with Crippen LogP contribution in [-0.2, 0) is 6.42 Å². The molecule has 0 fully saturated rings. The topological polar surface area (TPSA) is 38.1 Å². The minimum absolute atomic E-state index is 0.182. The van der Waals surface area contributed by atoms with E-state index in [2.05, 4.69) is 10.3 Å². The Kier molecular flexibility index (Phi) is 2.47. The molecule has 0 amide bonds. The van der Waals surface area contributed by atoms with Crippen molar-refractivity contribution in [2.75, 3.05) is 11.9 Å². The minimum atomic E-state index is -2.39. The lowest BCUT2D eigenvalue weighted by molar-refractivity contribution is 0.162. The number of oxazole rings is 1. The van der Waals surface area contributed by atoms with Gasteiger partial charge in [-0.2, -0.15) is 4.98 Å². The summed E-state index contributed by atoms with van der Waals surface area (Å²) < 4.78 is 28.9. The third kappa shape index (κ3) is 1.92. The zero-order valence-corrected chi connectivity index (χ0v) is 7.46. The van der Waals surface area contributed by atoms with Crippen molar-refractivity contribution >= 4 is 12.1 Å². The smallest absolute Gasteiger partial charge is 0.295 e. The molecule has 2 rings (SSSR count). The van der Waals surface area contributed by atoms with E-state index in [0.29, 0.717) is 5.76 Å². The maximum atomic E-state index is 11.9. The van der Waals surface area contributed by atoms with Crippen molar-refractivity contribution < 1.29 is 13.2 Å². The third-order valence-electron chi connectivity index (χ3n) is 1.95. The minimum Gasteiger partial charge on any atom is -0.424 e. The second-order valence-corrected chi connectivity index (χ2v) is 3.04. The summed E-state index contributed by atoms with van der Waals surface area (Å²) in [5.41, 5.74) is 0.837. The fourth-order valence-corrected chi connectivity index (χ4v) is 1.32. The monoisotopic (exact) mass is 200 g/mol. The summed E-state index contributed by atoms with van der Waals surface area (Å²) in [6, 6.07) is 0.182. The summed E-state index contributed by atoms with van der Waals surface area (Å²) in [5.74, 6) is 0.674. The molecule has 0 radical (unpaired) electrons. The molecule has 0 saturated carbocycles. The van der Waals surface area contributed by atoms with Gasteiger partial charge in [-0.15, -0.1) is 0 Å². The first kappa shape index (κ1) is 9.18. The van der Waals surface area contributed by atoms with Crippen LogP contribution in [0.5, 0.6) is 0 Å². The second-order valence-electron chi connectivity index (χ2n) is 3.04. The maximum absolute atomic E-state index is 11.9. The van der Waals surface area contributed by atoms with Crippen LogP contribution in [0.25, 0.3) is 6.08 Å². The van der Waals surface area contributed by atoms with Gasteiger partial charge in [-0.05, 0) is 18.9 Å². The van der Waals surface area contributed by atoms with E-state index in [-0.39, 0.29) is 6.01 Å². The van der Waals surface area contributed by atoms with Crippen LogP contribution < -0.4 is 5.32 Å². The van der Waals surface area contributed by atoms with Gasteiger partial charge in [0, 0.05) is 0 Å². The Morgan fingerprint density at radius 3 is 3.14 bits per heavy atom. The highest BCUT2D eigenvalue weighted by atomic mass is 19.3. The van der Waals surface area contributed by atoms with Crippen LogP contribution in [0.1, 0.15) is 17.9 Å². The summed E-state index contributed by atoms with van der Waals surface area (Å²) >= 11 is 0. The first-order valence-corrected chi connectivity index (χ1v) is 4.44. The van der Waals surface area contributed by atoms with Crippen LogP contribution >= 0.6 is 0 Å². The number of aromatic nitrogens is 1. The second kappa shape index (κ2) is 3.77. The largest absolute Gasteiger partial charge is 0.424 e. The SMILES string of the molecule is FC(F)CNc1nc2c(o1)C=CCC2. The predicted octanol–water partition coefficient (Wildman–Crippen LogP) is 2.31. The van der Waals surface area contributed by atoms with Crippen molar-refractivity contribution in [3.8, 4) is 0 Å². The Balaban J connectivity index is 2.06. The van der Waals surface area contributed by atoms with Gasteiger partial charge in [-0.25, -0.2) is 8.78 Å². The van der Waals surface area contributed by atoms with Crippen LogP contribution in [0.15, 0.2) is 10.5 Å². The van der Waals surface area contributed by atoms with Crippen LogP contribution in [0, 0.1) is 0 Å². The van der Waals surface area contributed by atoms with Gasteiger partial charge in [0.2, 0.25) is 0 Å². The summed E-state index contributed by atoms with van der Waals surface area (Å²) in [6.45, 7) is -0.427. The number of aryl methyl sites for hydroxylation is 1. The fraction of sp³-hybridized carbons (Fsp3) is 0.444. The number of hydrogen-bond donors (Lipinski definition) is 1. The Morgan fingerprint density at radius 2 is 2.43 bits per heavy atom. The average molecular weight is 200 g/mol. The van der Waals surface area contributed by atoms with Crippen molar-refractivity contribution in [1.82, 2.24) is 4.98 Å². The zero-order chi connectivity index (χ0) is 9.97. The molecule has 1 heterocycles. The van der Waals surface area contributed by atoms with Gasteiger partial charge in [0.1, 0.15) is 0 Å². The van der Waals surface area contributed by atoms with Crippen LogP contribution in [0.2, 0.25) is 0 Å². The molecule has 5 heteroatoms. The van der Waals surface area contributed by atoms with Crippen molar-refractivity contribution in [1.29, 1.82) is 0 Å². The molecular weight excluding hydrogens is 190 g/mol. The lowest BCUT2D eigenvalue weighted by Crippen LogP contribution is -2.10. The average Bonchev–Trinajstić information content (AvgIpc) is 2.57. The molecule has 0 bridgehead atoms. The molecule has 1 aliphatic carbocycles. The molecular formula is C9H10F2N2O. The van der Waals surface area contributed by atoms with E-state index >= 15 is 0 Å². The van der Waals surface area contributed by atoms with Gasteiger partial charge < -0.3 is 9.73 Å². The molecule has 1 N–H and O–H groups in total. The van der Waals surface area contributed by atoms with E-state index in [1.54, 1.807) is 0 Å². The number of rotatable bonds is 3. The number of alkyl halides is 2. The quantitative estimate of drug-likeness (QED) is 0.813. The summed E-state index contributed by atoms with van der Waals surface area (Å²) in [7, 11) is 0. The van der Waals surface area contributed by atoms with Crippen molar-refractivity contribution in [2.24, 2.45) is 0 Å². The predicted molar refractivity (Wildman–Crippen MR) is 48.4 cm³/mol. The summed E-state index contributed by atoms with van der Waals surface area (Å²) in [4.78, 5) is 4.06. The molecule has 0 unspecified atom stereocenters. The number of halogens is 2. The molecule has 1 aromatic rings. The van der Waals surface area contributed by atoms with Crippen molar-refractivity contribution in [2.45, 2.75) is 19.3 Å². The van der Waals surface area contributed by atoms with Crippen molar-refractivity contribution in [3.05, 3.63) is 17.5 Å². The molecule has 0 aliphatic heterocycles. The first-order chi connectivity index (χ1) is 6.75. The van der Waals surface area contributed by atoms with Gasteiger partial charge in [-0.1, -0.05) is 6.08 Å². The Bertz CT molecular complexity index is 347. The van der Waals surface area contributed by atoms with E-state index in [4.69, 9.17) is 4.42 Å². The van der Waals surface area contributed by atoms with Crippen LogP contribution in [0.4, 0.5) is 14.8 Å². The van der Waals surface area contributed by atoms with Gasteiger partial charge in [0.05, 0.1) is 12.2 Å². The highest BCUT2D eigenvalue weighted by Crippen LogP contribution is 2.22. The van der Waals surface area contributed by atoms with E-state index in [9.17, 15) is 8.78 Å². The van der Waals surface area contributed by atoms with Gasteiger partial charge >= 0.3 is 0 Å². The van der Waals surface area contributed by atoms with Gasteiger partial charge in [0.25, 0.3) is 12.4 Å². The normalized spacial score (nSPS) is 14.5.